The fourth-order valence-electron chi connectivity index (χ4n) is 1.03. The number of amidine groups is 1. The molecule has 1 rings (SSSR count). The maximum Gasteiger partial charge on any atom is 0.326 e. The summed E-state index contributed by atoms with van der Waals surface area (Å²) in [6.07, 6.45) is 0. The molecular weight excluding hydrogens is 190 g/mol. The molecule has 0 aliphatic heterocycles. The second-order valence-corrected chi connectivity index (χ2v) is 3.13. The van der Waals surface area contributed by atoms with Crippen LogP contribution in [0.5, 0.6) is 0 Å². The molecule has 0 heterocycles. The molecule has 0 bridgehead atoms. The van der Waals surface area contributed by atoms with Crippen LogP contribution < -0.4 is 5.32 Å². The van der Waals surface area contributed by atoms with Crippen molar-refractivity contribution in [1.82, 2.24) is 4.90 Å². The van der Waals surface area contributed by atoms with Crippen LogP contribution in [0.25, 0.3) is 0 Å². The van der Waals surface area contributed by atoms with Gasteiger partial charge in [-0.2, -0.15) is 0 Å². The molecule has 2 amide bonds. The molecular formula is C11H15N3O. The zero-order valence-electron chi connectivity index (χ0n) is 9.19. The summed E-state index contributed by atoms with van der Waals surface area (Å²) in [5, 5.41) is 2.76. The van der Waals surface area contributed by atoms with Crippen molar-refractivity contribution in [1.29, 1.82) is 0 Å². The number of nitrogens with zero attached hydrogens (tertiary/aromatic N) is 2. The van der Waals surface area contributed by atoms with Crippen molar-refractivity contribution in [3.05, 3.63) is 30.3 Å². The lowest BCUT2D eigenvalue weighted by Crippen LogP contribution is -2.35. The van der Waals surface area contributed by atoms with Gasteiger partial charge in [-0.1, -0.05) is 18.2 Å². The number of carbonyl (C=O) groups is 1. The molecule has 1 aromatic rings. The molecule has 1 N–H and O–H groups in total. The SMILES string of the molecule is CN=C(C)N(C)C(=O)Nc1ccccc1. The van der Waals surface area contributed by atoms with Crippen LogP contribution in [0, 0.1) is 0 Å². The first kappa shape index (κ1) is 11.2. The van der Waals surface area contributed by atoms with Gasteiger partial charge in [0.15, 0.2) is 0 Å². The second-order valence-electron chi connectivity index (χ2n) is 3.13. The molecule has 0 atom stereocenters. The van der Waals surface area contributed by atoms with Crippen LogP contribution in [0.15, 0.2) is 35.3 Å². The molecule has 1 aromatic carbocycles. The van der Waals surface area contributed by atoms with Gasteiger partial charge in [-0.05, 0) is 19.1 Å². The van der Waals surface area contributed by atoms with Crippen molar-refractivity contribution in [3.63, 3.8) is 0 Å². The summed E-state index contributed by atoms with van der Waals surface area (Å²) >= 11 is 0. The summed E-state index contributed by atoms with van der Waals surface area (Å²) < 4.78 is 0. The number of urea groups is 1. The molecule has 4 nitrogen and oxygen atoms in total. The average Bonchev–Trinajstić information content (AvgIpc) is 2.28. The number of benzene rings is 1. The summed E-state index contributed by atoms with van der Waals surface area (Å²) in [7, 11) is 3.34. The molecule has 0 aromatic heterocycles. The van der Waals surface area contributed by atoms with E-state index in [2.05, 4.69) is 10.3 Å². The lowest BCUT2D eigenvalue weighted by molar-refractivity contribution is 0.239. The Morgan fingerprint density at radius 1 is 1.33 bits per heavy atom. The highest BCUT2D eigenvalue weighted by Gasteiger charge is 2.09. The van der Waals surface area contributed by atoms with E-state index in [9.17, 15) is 4.79 Å². The van der Waals surface area contributed by atoms with E-state index in [4.69, 9.17) is 0 Å². The quantitative estimate of drug-likeness (QED) is 0.554. The molecule has 0 spiro atoms. The number of nitrogens with one attached hydrogen (secondary N) is 1. The van der Waals surface area contributed by atoms with Gasteiger partial charge >= 0.3 is 6.03 Å². The Hall–Kier alpha value is -1.84. The number of aliphatic imine (C=N–C) groups is 1. The topological polar surface area (TPSA) is 44.7 Å². The number of rotatable bonds is 1. The highest BCUT2D eigenvalue weighted by molar-refractivity contribution is 6.02. The minimum Gasteiger partial charge on any atom is -0.308 e. The standard InChI is InChI=1S/C11H15N3O/c1-9(12-2)14(3)11(15)13-10-7-5-4-6-8-10/h4-8H,1-3H3,(H,13,15). The highest BCUT2D eigenvalue weighted by atomic mass is 16.2. The van der Waals surface area contributed by atoms with E-state index in [0.29, 0.717) is 5.84 Å². The highest BCUT2D eigenvalue weighted by Crippen LogP contribution is 2.05. The minimum absolute atomic E-state index is 0.190. The van der Waals surface area contributed by atoms with Gasteiger partial charge in [0.25, 0.3) is 0 Å². The van der Waals surface area contributed by atoms with Gasteiger partial charge in [-0.15, -0.1) is 0 Å². The van der Waals surface area contributed by atoms with Crippen LogP contribution in [0.2, 0.25) is 0 Å². The van der Waals surface area contributed by atoms with Gasteiger partial charge in [0.2, 0.25) is 0 Å². The van der Waals surface area contributed by atoms with Crippen LogP contribution in [-0.2, 0) is 0 Å². The Morgan fingerprint density at radius 3 is 2.47 bits per heavy atom. The first-order valence-electron chi connectivity index (χ1n) is 4.68. The molecule has 80 valence electrons. The third kappa shape index (κ3) is 3.09. The molecule has 0 radical (unpaired) electrons. The van der Waals surface area contributed by atoms with E-state index in [0.717, 1.165) is 5.69 Å². The minimum atomic E-state index is -0.190. The third-order valence-electron chi connectivity index (χ3n) is 2.14. The molecule has 15 heavy (non-hydrogen) atoms. The molecule has 0 fully saturated rings. The second kappa shape index (κ2) is 5.14. The summed E-state index contributed by atoms with van der Waals surface area (Å²) in [5.74, 6) is 0.670. The summed E-state index contributed by atoms with van der Waals surface area (Å²) in [6, 6.07) is 9.13. The smallest absolute Gasteiger partial charge is 0.308 e. The molecule has 4 heteroatoms. The van der Waals surface area contributed by atoms with Crippen molar-refractivity contribution >= 4 is 17.6 Å². The first-order valence-corrected chi connectivity index (χ1v) is 4.68. The van der Waals surface area contributed by atoms with Crippen molar-refractivity contribution in [2.45, 2.75) is 6.92 Å². The monoisotopic (exact) mass is 205 g/mol. The zero-order valence-corrected chi connectivity index (χ0v) is 9.19. The molecule has 0 saturated heterocycles. The predicted octanol–water partition coefficient (Wildman–Crippen LogP) is 2.20. The molecule has 0 aliphatic carbocycles. The van der Waals surface area contributed by atoms with Gasteiger partial charge in [-0.3, -0.25) is 9.89 Å². The van der Waals surface area contributed by atoms with Gasteiger partial charge < -0.3 is 5.32 Å². The Labute approximate surface area is 89.6 Å². The number of hydrogen-bond donors (Lipinski definition) is 1. The first-order chi connectivity index (χ1) is 7.15. The number of anilines is 1. The Morgan fingerprint density at radius 2 is 1.93 bits per heavy atom. The largest absolute Gasteiger partial charge is 0.326 e. The van der Waals surface area contributed by atoms with E-state index in [-0.39, 0.29) is 6.03 Å². The van der Waals surface area contributed by atoms with E-state index < -0.39 is 0 Å². The lowest BCUT2D eigenvalue weighted by atomic mass is 10.3. The van der Waals surface area contributed by atoms with Gasteiger partial charge in [0.05, 0.1) is 0 Å². The summed E-state index contributed by atoms with van der Waals surface area (Å²) in [5.41, 5.74) is 0.776. The fourth-order valence-corrected chi connectivity index (χ4v) is 1.03. The predicted molar refractivity (Wildman–Crippen MR) is 62.3 cm³/mol. The normalized spacial score (nSPS) is 11.0. The van der Waals surface area contributed by atoms with E-state index in [1.54, 1.807) is 21.0 Å². The van der Waals surface area contributed by atoms with Crippen LogP contribution in [0.1, 0.15) is 6.92 Å². The van der Waals surface area contributed by atoms with Gasteiger partial charge in [-0.25, -0.2) is 4.79 Å². The maximum absolute atomic E-state index is 11.6. The van der Waals surface area contributed by atoms with Gasteiger partial charge in [0.1, 0.15) is 5.84 Å². The Bertz CT molecular complexity index is 359. The average molecular weight is 205 g/mol. The lowest BCUT2D eigenvalue weighted by Gasteiger charge is -2.16. The summed E-state index contributed by atoms with van der Waals surface area (Å²) in [4.78, 5) is 17.0. The summed E-state index contributed by atoms with van der Waals surface area (Å²) in [6.45, 7) is 1.78. The van der Waals surface area contributed by atoms with Gasteiger partial charge in [0, 0.05) is 19.8 Å². The van der Waals surface area contributed by atoms with E-state index in [1.807, 2.05) is 30.3 Å². The molecule has 0 unspecified atom stereocenters. The number of para-hydroxylation sites is 1. The number of hydrogen-bond acceptors (Lipinski definition) is 2. The molecule has 0 aliphatic rings. The zero-order chi connectivity index (χ0) is 11.3. The van der Waals surface area contributed by atoms with E-state index >= 15 is 0 Å². The van der Waals surface area contributed by atoms with Crippen molar-refractivity contribution in [3.8, 4) is 0 Å². The van der Waals surface area contributed by atoms with Crippen molar-refractivity contribution in [2.24, 2.45) is 4.99 Å². The Kier molecular flexibility index (Phi) is 3.85. The van der Waals surface area contributed by atoms with E-state index in [1.165, 1.54) is 4.90 Å². The van der Waals surface area contributed by atoms with Crippen LogP contribution in [0.3, 0.4) is 0 Å². The fraction of sp³-hybridized carbons (Fsp3) is 0.273. The van der Waals surface area contributed by atoms with Crippen LogP contribution in [0.4, 0.5) is 10.5 Å². The Balaban J connectivity index is 2.64. The molecule has 0 saturated carbocycles. The maximum atomic E-state index is 11.6. The number of carbonyl (C=O) groups excluding carboxylic acids is 1. The van der Waals surface area contributed by atoms with Crippen molar-refractivity contribution in [2.75, 3.05) is 19.4 Å². The third-order valence-corrected chi connectivity index (χ3v) is 2.14. The van der Waals surface area contributed by atoms with Crippen molar-refractivity contribution < 1.29 is 4.79 Å². The number of amides is 2. The van der Waals surface area contributed by atoms with Crippen LogP contribution in [-0.4, -0.2) is 30.9 Å². The van der Waals surface area contributed by atoms with Crippen LogP contribution >= 0.6 is 0 Å².